The van der Waals surface area contributed by atoms with Gasteiger partial charge in [0.25, 0.3) is 11.7 Å². The van der Waals surface area contributed by atoms with Crippen LogP contribution in [0.25, 0.3) is 5.76 Å². The Kier molecular flexibility index (Phi) is 6.68. The molecule has 0 spiro atoms. The molecule has 0 bridgehead atoms. The molecule has 1 saturated carbocycles. The average Bonchev–Trinajstić information content (AvgIpc) is 3.48. The Balaban J connectivity index is 2.02. The lowest BCUT2D eigenvalue weighted by Gasteiger charge is -2.31. The summed E-state index contributed by atoms with van der Waals surface area (Å²) in [6.45, 7) is 0. The quantitative estimate of drug-likeness (QED) is 0.372. The first-order valence-corrected chi connectivity index (χ1v) is 11.2. The molecule has 2 fully saturated rings. The van der Waals surface area contributed by atoms with Crippen LogP contribution in [0.2, 0.25) is 0 Å². The first-order chi connectivity index (χ1) is 16.5. The summed E-state index contributed by atoms with van der Waals surface area (Å²) in [4.78, 5) is 28.4. The van der Waals surface area contributed by atoms with Crippen LogP contribution >= 0.6 is 0 Å². The molecular weight excluding hydrogens is 438 g/mol. The van der Waals surface area contributed by atoms with E-state index in [1.165, 1.54) is 28.4 Å². The van der Waals surface area contributed by atoms with Crippen molar-refractivity contribution in [3.05, 3.63) is 53.1 Å². The zero-order valence-corrected chi connectivity index (χ0v) is 19.8. The van der Waals surface area contributed by atoms with Crippen molar-refractivity contribution in [2.45, 2.75) is 37.8 Å². The predicted molar refractivity (Wildman–Crippen MR) is 125 cm³/mol. The second-order valence-electron chi connectivity index (χ2n) is 8.26. The van der Waals surface area contributed by atoms with Gasteiger partial charge in [-0.05, 0) is 31.0 Å². The van der Waals surface area contributed by atoms with Crippen LogP contribution in [-0.4, -0.2) is 56.2 Å². The number of para-hydroxylation sites is 1. The molecule has 180 valence electrons. The van der Waals surface area contributed by atoms with Gasteiger partial charge in [0.15, 0.2) is 11.5 Å². The molecule has 1 unspecified atom stereocenters. The van der Waals surface area contributed by atoms with Crippen molar-refractivity contribution >= 4 is 17.4 Å². The van der Waals surface area contributed by atoms with Crippen molar-refractivity contribution in [2.24, 2.45) is 0 Å². The molecule has 1 atom stereocenters. The van der Waals surface area contributed by atoms with Gasteiger partial charge < -0.3 is 29.0 Å². The average molecular weight is 468 g/mol. The zero-order chi connectivity index (χ0) is 24.4. The lowest BCUT2D eigenvalue weighted by molar-refractivity contribution is -0.141. The molecule has 0 radical (unpaired) electrons. The van der Waals surface area contributed by atoms with Crippen molar-refractivity contribution in [3.8, 4) is 23.0 Å². The van der Waals surface area contributed by atoms with E-state index in [4.69, 9.17) is 18.9 Å². The van der Waals surface area contributed by atoms with Gasteiger partial charge >= 0.3 is 0 Å². The maximum absolute atomic E-state index is 13.5. The smallest absolute Gasteiger partial charge is 0.295 e. The Morgan fingerprint density at radius 2 is 1.41 bits per heavy atom. The minimum absolute atomic E-state index is 0.0359. The highest BCUT2D eigenvalue weighted by Gasteiger charge is 2.50. The molecule has 4 rings (SSSR count). The van der Waals surface area contributed by atoms with Crippen LogP contribution in [0.3, 0.4) is 0 Å². The van der Waals surface area contributed by atoms with E-state index in [2.05, 4.69) is 0 Å². The molecular formula is C26H29NO7. The molecule has 2 aromatic rings. The number of hydrogen-bond acceptors (Lipinski definition) is 7. The number of ether oxygens (including phenoxy) is 4. The summed E-state index contributed by atoms with van der Waals surface area (Å²) in [5, 5.41) is 11.6. The third-order valence-corrected chi connectivity index (χ3v) is 6.59. The molecule has 1 saturated heterocycles. The largest absolute Gasteiger partial charge is 0.506 e. The Morgan fingerprint density at radius 1 is 0.853 bits per heavy atom. The van der Waals surface area contributed by atoms with Crippen molar-refractivity contribution in [2.75, 3.05) is 28.4 Å². The number of ketones is 1. The lowest BCUT2D eigenvalue weighted by atomic mass is 9.93. The number of nitrogens with zero attached hydrogens (tertiary/aromatic N) is 1. The second-order valence-corrected chi connectivity index (χ2v) is 8.26. The summed E-state index contributed by atoms with van der Waals surface area (Å²) in [6.07, 6.45) is 3.51. The maximum atomic E-state index is 13.5. The number of aliphatic hydroxyl groups excluding tert-OH is 1. The minimum Gasteiger partial charge on any atom is -0.506 e. The third kappa shape index (κ3) is 3.73. The van der Waals surface area contributed by atoms with E-state index in [-0.39, 0.29) is 22.9 Å². The van der Waals surface area contributed by atoms with Gasteiger partial charge in [0.2, 0.25) is 0 Å². The van der Waals surface area contributed by atoms with Crippen LogP contribution in [0, 0.1) is 0 Å². The van der Waals surface area contributed by atoms with Gasteiger partial charge in [0, 0.05) is 11.6 Å². The van der Waals surface area contributed by atoms with Crippen LogP contribution in [0.5, 0.6) is 23.0 Å². The fourth-order valence-electron chi connectivity index (χ4n) is 5.06. The lowest BCUT2D eigenvalue weighted by Crippen LogP contribution is -2.37. The molecule has 34 heavy (non-hydrogen) atoms. The van der Waals surface area contributed by atoms with Gasteiger partial charge in [-0.2, -0.15) is 0 Å². The van der Waals surface area contributed by atoms with Crippen LogP contribution in [-0.2, 0) is 9.59 Å². The molecule has 0 aromatic heterocycles. The highest BCUT2D eigenvalue weighted by molar-refractivity contribution is 6.46. The number of aliphatic hydroxyl groups is 1. The van der Waals surface area contributed by atoms with Gasteiger partial charge in [-0.3, -0.25) is 9.59 Å². The van der Waals surface area contributed by atoms with E-state index in [1.54, 1.807) is 41.3 Å². The number of Topliss-reactive ketones (excluding diaryl/α,β-unsaturated/α-hetero) is 1. The van der Waals surface area contributed by atoms with E-state index in [1.807, 2.05) is 0 Å². The molecule has 2 aromatic carbocycles. The number of benzene rings is 2. The van der Waals surface area contributed by atoms with Crippen molar-refractivity contribution in [1.29, 1.82) is 0 Å². The Morgan fingerprint density at radius 3 is 1.97 bits per heavy atom. The molecule has 8 nitrogen and oxygen atoms in total. The summed E-state index contributed by atoms with van der Waals surface area (Å²) >= 11 is 0. The monoisotopic (exact) mass is 467 g/mol. The minimum atomic E-state index is -0.859. The van der Waals surface area contributed by atoms with Gasteiger partial charge in [-0.15, -0.1) is 0 Å². The van der Waals surface area contributed by atoms with E-state index < -0.39 is 17.7 Å². The van der Waals surface area contributed by atoms with Crippen LogP contribution in [0.4, 0.5) is 0 Å². The molecule has 1 N–H and O–H groups in total. The van der Waals surface area contributed by atoms with Crippen molar-refractivity contribution in [3.63, 3.8) is 0 Å². The Bertz CT molecular complexity index is 1110. The molecule has 1 amide bonds. The summed E-state index contributed by atoms with van der Waals surface area (Å²) in [7, 11) is 5.96. The topological polar surface area (TPSA) is 94.5 Å². The summed E-state index contributed by atoms with van der Waals surface area (Å²) < 4.78 is 22.0. The first-order valence-electron chi connectivity index (χ1n) is 11.2. The fraction of sp³-hybridized carbons (Fsp3) is 0.385. The number of methoxy groups -OCH3 is 4. The van der Waals surface area contributed by atoms with Gasteiger partial charge in [0.1, 0.15) is 22.8 Å². The highest BCUT2D eigenvalue weighted by Crippen LogP contribution is 2.49. The first kappa shape index (κ1) is 23.5. The van der Waals surface area contributed by atoms with Crippen LogP contribution in [0.15, 0.2) is 42.0 Å². The summed E-state index contributed by atoms with van der Waals surface area (Å²) in [5.41, 5.74) is 0.735. The maximum Gasteiger partial charge on any atom is 0.295 e. The van der Waals surface area contributed by atoms with Crippen molar-refractivity contribution < 1.29 is 33.6 Å². The number of likely N-dealkylation sites (tertiary alicyclic amines) is 1. The van der Waals surface area contributed by atoms with Crippen LogP contribution in [0.1, 0.15) is 42.9 Å². The number of carbonyl (C=O) groups is 2. The highest BCUT2D eigenvalue weighted by atomic mass is 16.5. The predicted octanol–water partition coefficient (Wildman–Crippen LogP) is 4.09. The number of carbonyl (C=O) groups excluding carboxylic acids is 2. The van der Waals surface area contributed by atoms with Crippen molar-refractivity contribution in [1.82, 2.24) is 4.90 Å². The normalized spacial score (nSPS) is 20.0. The van der Waals surface area contributed by atoms with Gasteiger partial charge in [-0.1, -0.05) is 31.0 Å². The third-order valence-electron chi connectivity index (χ3n) is 6.59. The summed E-state index contributed by atoms with van der Waals surface area (Å²) in [6, 6.07) is 9.35. The number of amides is 1. The van der Waals surface area contributed by atoms with Gasteiger partial charge in [0.05, 0.1) is 40.1 Å². The van der Waals surface area contributed by atoms with E-state index in [0.29, 0.717) is 28.6 Å². The van der Waals surface area contributed by atoms with Crippen LogP contribution < -0.4 is 18.9 Å². The molecule has 8 heteroatoms. The Labute approximate surface area is 198 Å². The molecule has 1 aliphatic heterocycles. The number of rotatable bonds is 7. The second kappa shape index (κ2) is 9.67. The molecule has 1 aliphatic carbocycles. The van der Waals surface area contributed by atoms with Gasteiger partial charge in [-0.25, -0.2) is 0 Å². The zero-order valence-electron chi connectivity index (χ0n) is 19.8. The Hall–Kier alpha value is -3.68. The summed E-state index contributed by atoms with van der Waals surface area (Å²) in [5.74, 6) is -0.252. The van der Waals surface area contributed by atoms with E-state index in [9.17, 15) is 14.7 Å². The SMILES string of the molecule is COc1cccc(C2/C(=C(\O)c3c(OC)cccc3OC)C(=O)C(=O)N2C2CCCC2)c1OC. The number of hydrogen-bond donors (Lipinski definition) is 1. The molecule has 2 aliphatic rings. The van der Waals surface area contributed by atoms with E-state index in [0.717, 1.165) is 25.7 Å². The molecule has 1 heterocycles. The fourth-order valence-corrected chi connectivity index (χ4v) is 5.06. The van der Waals surface area contributed by atoms with E-state index >= 15 is 0 Å². The standard InChI is InChI=1S/C26H29NO7/c1-31-17-12-8-13-18(32-2)20(17)23(28)21-22(16-11-7-14-19(33-3)25(16)34-4)27(26(30)24(21)29)15-9-5-6-10-15/h7-8,11-15,22,28H,5-6,9-10H2,1-4H3/b23-21+.